The quantitative estimate of drug-likeness (QED) is 0.494. The van der Waals surface area contributed by atoms with Crippen molar-refractivity contribution in [2.24, 2.45) is 4.99 Å². The topological polar surface area (TPSA) is 12.4 Å². The second-order valence-electron chi connectivity index (χ2n) is 2.07. The predicted octanol–water partition coefficient (Wildman–Crippen LogP) is 1.63. The zero-order chi connectivity index (χ0) is 6.10. The Labute approximate surface area is 58.6 Å². The molecule has 1 nitrogen and oxygen atoms in total. The van der Waals surface area contributed by atoms with E-state index in [4.69, 9.17) is 0 Å². The first-order chi connectivity index (χ1) is 4.47. The van der Waals surface area contributed by atoms with Crippen LogP contribution in [0.1, 0.15) is 0 Å². The van der Waals surface area contributed by atoms with Crippen molar-refractivity contribution in [3.05, 3.63) is 22.6 Å². The molecule has 0 bridgehead atoms. The summed E-state index contributed by atoms with van der Waals surface area (Å²) in [7, 11) is 0. The molecular formula is C7H7NS. The number of aliphatic imine (C=N–C) groups is 1. The molecule has 0 aromatic heterocycles. The van der Waals surface area contributed by atoms with E-state index in [1.54, 1.807) is 0 Å². The Morgan fingerprint density at radius 2 is 2.56 bits per heavy atom. The fraction of sp³-hybridized carbons (Fsp3) is 0.286. The Bertz CT molecular complexity index is 213. The fourth-order valence-electron chi connectivity index (χ4n) is 0.981. The molecule has 2 heteroatoms. The van der Waals surface area contributed by atoms with Crippen molar-refractivity contribution in [3.63, 3.8) is 0 Å². The van der Waals surface area contributed by atoms with E-state index in [1.165, 1.54) is 10.5 Å². The third-order valence-electron chi connectivity index (χ3n) is 1.44. The van der Waals surface area contributed by atoms with E-state index in [0.29, 0.717) is 0 Å². The van der Waals surface area contributed by atoms with Crippen LogP contribution in [0.2, 0.25) is 0 Å². The molecule has 0 radical (unpaired) electrons. The van der Waals surface area contributed by atoms with E-state index in [1.807, 2.05) is 18.0 Å². The molecule has 0 amide bonds. The Morgan fingerprint density at radius 3 is 3.44 bits per heavy atom. The summed E-state index contributed by atoms with van der Waals surface area (Å²) in [6.07, 6.45) is 6.35. The fourth-order valence-corrected chi connectivity index (χ4v) is 1.82. The van der Waals surface area contributed by atoms with Crippen molar-refractivity contribution < 1.29 is 0 Å². The summed E-state index contributed by atoms with van der Waals surface area (Å²) in [6.45, 7) is 0.902. The monoisotopic (exact) mass is 137 g/mol. The largest absolute Gasteiger partial charge is 0.287 e. The Morgan fingerprint density at radius 1 is 1.56 bits per heavy atom. The van der Waals surface area contributed by atoms with Gasteiger partial charge in [-0.05, 0) is 5.57 Å². The Balaban J connectivity index is 2.35. The number of rotatable bonds is 0. The number of thioether (sulfide) groups is 1. The van der Waals surface area contributed by atoms with Gasteiger partial charge in [-0.1, -0.05) is 12.2 Å². The van der Waals surface area contributed by atoms with Gasteiger partial charge in [-0.2, -0.15) is 0 Å². The highest BCUT2D eigenvalue weighted by Gasteiger charge is 2.09. The number of hydrogen-bond acceptors (Lipinski definition) is 2. The van der Waals surface area contributed by atoms with Gasteiger partial charge in [0.05, 0.1) is 6.54 Å². The van der Waals surface area contributed by atoms with Gasteiger partial charge in [0, 0.05) is 16.9 Å². The van der Waals surface area contributed by atoms with Gasteiger partial charge in [0.1, 0.15) is 0 Å². The highest BCUT2D eigenvalue weighted by atomic mass is 32.2. The lowest BCUT2D eigenvalue weighted by atomic mass is 10.2. The molecule has 9 heavy (non-hydrogen) atoms. The molecule has 2 aliphatic rings. The lowest BCUT2D eigenvalue weighted by Gasteiger charge is -2.03. The van der Waals surface area contributed by atoms with Crippen LogP contribution in [0, 0.1) is 0 Å². The van der Waals surface area contributed by atoms with Crippen LogP contribution in [0.5, 0.6) is 0 Å². The first-order valence-electron chi connectivity index (χ1n) is 2.99. The maximum atomic E-state index is 4.16. The molecule has 0 atom stereocenters. The third-order valence-corrected chi connectivity index (χ3v) is 2.48. The van der Waals surface area contributed by atoms with Gasteiger partial charge < -0.3 is 0 Å². The molecule has 0 N–H and O–H groups in total. The van der Waals surface area contributed by atoms with Crippen LogP contribution in [0.4, 0.5) is 0 Å². The maximum absolute atomic E-state index is 4.16. The smallest absolute Gasteiger partial charge is 0.0651 e. The van der Waals surface area contributed by atoms with E-state index >= 15 is 0 Å². The van der Waals surface area contributed by atoms with Crippen molar-refractivity contribution in [2.45, 2.75) is 0 Å². The van der Waals surface area contributed by atoms with E-state index in [-0.39, 0.29) is 0 Å². The van der Waals surface area contributed by atoms with Crippen LogP contribution in [0.25, 0.3) is 0 Å². The Hall–Kier alpha value is -0.500. The van der Waals surface area contributed by atoms with Crippen LogP contribution >= 0.6 is 11.8 Å². The number of hydrogen-bond donors (Lipinski definition) is 0. The maximum Gasteiger partial charge on any atom is 0.0651 e. The first-order valence-corrected chi connectivity index (χ1v) is 3.98. The van der Waals surface area contributed by atoms with Crippen molar-refractivity contribution in [1.29, 1.82) is 0 Å². The van der Waals surface area contributed by atoms with Gasteiger partial charge in [0.15, 0.2) is 0 Å². The minimum absolute atomic E-state index is 0.902. The standard InChI is InChI=1S/C7H7NS/c1-2-6-4-8-5-7(6)9-3-1/h1-2,5H,3-4H2. The summed E-state index contributed by atoms with van der Waals surface area (Å²) in [6, 6.07) is 0. The molecule has 0 unspecified atom stereocenters. The number of allylic oxidation sites excluding steroid dienone is 1. The van der Waals surface area contributed by atoms with E-state index in [2.05, 4.69) is 17.1 Å². The van der Waals surface area contributed by atoms with Gasteiger partial charge in [-0.15, -0.1) is 11.8 Å². The second kappa shape index (κ2) is 2.03. The summed E-state index contributed by atoms with van der Waals surface area (Å²) >= 11 is 1.88. The molecule has 0 spiro atoms. The lowest BCUT2D eigenvalue weighted by molar-refractivity contribution is 1.22. The van der Waals surface area contributed by atoms with Crippen LogP contribution in [-0.2, 0) is 0 Å². The molecule has 0 aliphatic carbocycles. The van der Waals surface area contributed by atoms with Gasteiger partial charge in [-0.25, -0.2) is 0 Å². The summed E-state index contributed by atoms with van der Waals surface area (Å²) < 4.78 is 0. The minimum Gasteiger partial charge on any atom is -0.287 e. The van der Waals surface area contributed by atoms with E-state index in [0.717, 1.165) is 12.3 Å². The van der Waals surface area contributed by atoms with Gasteiger partial charge in [0.2, 0.25) is 0 Å². The average Bonchev–Trinajstić information content (AvgIpc) is 2.33. The molecule has 2 rings (SSSR count). The van der Waals surface area contributed by atoms with E-state index in [9.17, 15) is 0 Å². The van der Waals surface area contributed by atoms with Crippen molar-refractivity contribution >= 4 is 18.0 Å². The van der Waals surface area contributed by atoms with Crippen LogP contribution in [-0.4, -0.2) is 18.5 Å². The van der Waals surface area contributed by atoms with Gasteiger partial charge >= 0.3 is 0 Å². The molecule has 0 aromatic carbocycles. The third kappa shape index (κ3) is 0.833. The molecule has 0 aromatic rings. The zero-order valence-electron chi connectivity index (χ0n) is 5.00. The predicted molar refractivity (Wildman–Crippen MR) is 42.0 cm³/mol. The van der Waals surface area contributed by atoms with Gasteiger partial charge in [-0.3, -0.25) is 4.99 Å². The van der Waals surface area contributed by atoms with Crippen LogP contribution in [0.3, 0.4) is 0 Å². The Kier molecular flexibility index (Phi) is 1.19. The minimum atomic E-state index is 0.902. The lowest BCUT2D eigenvalue weighted by Crippen LogP contribution is -1.88. The zero-order valence-corrected chi connectivity index (χ0v) is 5.82. The van der Waals surface area contributed by atoms with Crippen LogP contribution in [0.15, 0.2) is 27.6 Å². The molecule has 0 saturated heterocycles. The SMILES string of the molecule is C1=CC2=C(C=NC2)SC1. The summed E-state index contributed by atoms with van der Waals surface area (Å²) in [5.41, 5.74) is 1.39. The molecule has 0 saturated carbocycles. The molecule has 0 fully saturated rings. The van der Waals surface area contributed by atoms with Crippen LogP contribution < -0.4 is 0 Å². The van der Waals surface area contributed by atoms with Gasteiger partial charge in [0.25, 0.3) is 0 Å². The van der Waals surface area contributed by atoms with Crippen molar-refractivity contribution in [2.75, 3.05) is 12.3 Å². The summed E-state index contributed by atoms with van der Waals surface area (Å²) in [5.74, 6) is 1.12. The summed E-state index contributed by atoms with van der Waals surface area (Å²) in [5, 5.41) is 0. The van der Waals surface area contributed by atoms with Crippen molar-refractivity contribution in [1.82, 2.24) is 0 Å². The normalized spacial score (nSPS) is 23.1. The second-order valence-corrected chi connectivity index (χ2v) is 3.13. The number of nitrogens with zero attached hydrogens (tertiary/aromatic N) is 1. The summed E-state index contributed by atoms with van der Waals surface area (Å²) in [4.78, 5) is 5.53. The van der Waals surface area contributed by atoms with Crippen molar-refractivity contribution in [3.8, 4) is 0 Å². The highest BCUT2D eigenvalue weighted by Crippen LogP contribution is 2.26. The average molecular weight is 137 g/mol. The molecule has 46 valence electrons. The molecular weight excluding hydrogens is 130 g/mol. The molecule has 2 aliphatic heterocycles. The first kappa shape index (κ1) is 5.30. The highest BCUT2D eigenvalue weighted by molar-refractivity contribution is 8.04. The molecule has 2 heterocycles. The van der Waals surface area contributed by atoms with E-state index < -0.39 is 0 Å².